The van der Waals surface area contributed by atoms with Crippen molar-refractivity contribution in [2.45, 2.75) is 24.8 Å². The molecule has 1 aromatic carbocycles. The van der Waals surface area contributed by atoms with Crippen LogP contribution in [0.2, 0.25) is 5.02 Å². The molecule has 1 aliphatic rings. The summed E-state index contributed by atoms with van der Waals surface area (Å²) in [5.74, 6) is 0. The van der Waals surface area contributed by atoms with Crippen molar-refractivity contribution >= 4 is 11.6 Å². The van der Waals surface area contributed by atoms with E-state index < -0.39 is 0 Å². The lowest BCUT2D eigenvalue weighted by molar-refractivity contribution is -0.0990. The molecule has 0 aliphatic carbocycles. The average molecular weight is 240 g/mol. The fourth-order valence-electron chi connectivity index (χ4n) is 2.22. The zero-order chi connectivity index (χ0) is 11.8. The van der Waals surface area contributed by atoms with Crippen LogP contribution in [0.15, 0.2) is 24.3 Å². The Morgan fingerprint density at radius 3 is 2.50 bits per heavy atom. The third kappa shape index (κ3) is 1.65. The molecule has 88 valence electrons. The molecule has 0 radical (unpaired) electrons. The van der Waals surface area contributed by atoms with E-state index in [0.717, 1.165) is 18.2 Å². The highest BCUT2D eigenvalue weighted by atomic mass is 35.5. The predicted molar refractivity (Wildman–Crippen MR) is 67.1 cm³/mol. The first-order chi connectivity index (χ1) is 7.52. The monoisotopic (exact) mass is 239 g/mol. The van der Waals surface area contributed by atoms with Crippen LogP contribution in [0.4, 0.5) is 0 Å². The zero-order valence-corrected chi connectivity index (χ0v) is 10.8. The van der Waals surface area contributed by atoms with Crippen molar-refractivity contribution < 1.29 is 4.74 Å². The maximum atomic E-state index is 6.06. The minimum atomic E-state index is -0.00404. The Labute approximate surface area is 102 Å². The van der Waals surface area contributed by atoms with Crippen molar-refractivity contribution in [2.75, 3.05) is 20.3 Å². The van der Waals surface area contributed by atoms with E-state index in [4.69, 9.17) is 16.3 Å². The standard InChI is InChI=1S/C13H18ClNO/c1-12(2,15-3)13(8-16-9-13)10-5-4-6-11(14)7-10/h4-7,15H,8-9H2,1-3H3. The molecule has 1 aliphatic heterocycles. The first kappa shape index (κ1) is 11.9. The largest absolute Gasteiger partial charge is 0.379 e. The second-order valence-corrected chi connectivity index (χ2v) is 5.40. The van der Waals surface area contributed by atoms with Crippen molar-refractivity contribution in [3.8, 4) is 0 Å². The van der Waals surface area contributed by atoms with Gasteiger partial charge in [-0.3, -0.25) is 0 Å². The zero-order valence-electron chi connectivity index (χ0n) is 10.0. The quantitative estimate of drug-likeness (QED) is 0.876. The first-order valence-electron chi connectivity index (χ1n) is 5.54. The van der Waals surface area contributed by atoms with E-state index in [9.17, 15) is 0 Å². The minimum absolute atomic E-state index is 0.00404. The van der Waals surface area contributed by atoms with Crippen LogP contribution in [-0.4, -0.2) is 25.8 Å². The fourth-order valence-corrected chi connectivity index (χ4v) is 2.41. The highest BCUT2D eigenvalue weighted by Gasteiger charge is 2.51. The Morgan fingerprint density at radius 1 is 1.38 bits per heavy atom. The first-order valence-corrected chi connectivity index (χ1v) is 5.92. The number of hydrogen-bond acceptors (Lipinski definition) is 2. The molecule has 0 atom stereocenters. The lowest BCUT2D eigenvalue weighted by Gasteiger charge is -2.52. The third-order valence-corrected chi connectivity index (χ3v) is 4.13. The van der Waals surface area contributed by atoms with Gasteiger partial charge in [0.1, 0.15) is 0 Å². The van der Waals surface area contributed by atoms with Gasteiger partial charge in [0, 0.05) is 10.6 Å². The Hall–Kier alpha value is -0.570. The summed E-state index contributed by atoms with van der Waals surface area (Å²) in [6, 6.07) is 8.09. The van der Waals surface area contributed by atoms with Crippen LogP contribution in [-0.2, 0) is 10.2 Å². The topological polar surface area (TPSA) is 21.3 Å². The van der Waals surface area contributed by atoms with Gasteiger partial charge in [0.15, 0.2) is 0 Å². The second-order valence-electron chi connectivity index (χ2n) is 4.96. The van der Waals surface area contributed by atoms with Gasteiger partial charge in [-0.25, -0.2) is 0 Å². The van der Waals surface area contributed by atoms with E-state index in [1.54, 1.807) is 0 Å². The molecule has 0 unspecified atom stereocenters. The van der Waals surface area contributed by atoms with Crippen molar-refractivity contribution in [1.29, 1.82) is 0 Å². The van der Waals surface area contributed by atoms with Crippen molar-refractivity contribution in [3.05, 3.63) is 34.9 Å². The lowest BCUT2D eigenvalue weighted by Crippen LogP contribution is -2.65. The van der Waals surface area contributed by atoms with Gasteiger partial charge in [0.25, 0.3) is 0 Å². The van der Waals surface area contributed by atoms with Gasteiger partial charge in [0.05, 0.1) is 18.6 Å². The molecule has 3 heteroatoms. The average Bonchev–Trinajstić information content (AvgIpc) is 2.15. The van der Waals surface area contributed by atoms with Crippen molar-refractivity contribution in [3.63, 3.8) is 0 Å². The van der Waals surface area contributed by atoms with Crippen LogP contribution in [0.3, 0.4) is 0 Å². The molecule has 1 heterocycles. The van der Waals surface area contributed by atoms with Crippen LogP contribution >= 0.6 is 11.6 Å². The van der Waals surface area contributed by atoms with Crippen LogP contribution in [0.25, 0.3) is 0 Å². The molecule has 0 amide bonds. The van der Waals surface area contributed by atoms with Crippen LogP contribution in [0, 0.1) is 0 Å². The molecular weight excluding hydrogens is 222 g/mol. The molecule has 1 aromatic rings. The van der Waals surface area contributed by atoms with E-state index in [-0.39, 0.29) is 11.0 Å². The summed E-state index contributed by atoms with van der Waals surface area (Å²) in [5.41, 5.74) is 1.29. The molecule has 16 heavy (non-hydrogen) atoms. The maximum absolute atomic E-state index is 6.06. The molecule has 1 saturated heterocycles. The van der Waals surface area contributed by atoms with E-state index in [1.807, 2.05) is 25.2 Å². The minimum Gasteiger partial charge on any atom is -0.379 e. The Balaban J connectivity index is 2.43. The normalized spacial score (nSPS) is 19.2. The van der Waals surface area contributed by atoms with Gasteiger partial charge in [-0.2, -0.15) is 0 Å². The summed E-state index contributed by atoms with van der Waals surface area (Å²) in [7, 11) is 1.99. The van der Waals surface area contributed by atoms with Gasteiger partial charge in [-0.05, 0) is 38.6 Å². The van der Waals surface area contributed by atoms with Gasteiger partial charge < -0.3 is 10.1 Å². The lowest BCUT2D eigenvalue weighted by atomic mass is 9.65. The Morgan fingerprint density at radius 2 is 2.06 bits per heavy atom. The van der Waals surface area contributed by atoms with Crippen molar-refractivity contribution in [2.24, 2.45) is 0 Å². The summed E-state index contributed by atoms with van der Waals surface area (Å²) in [6.45, 7) is 5.91. The molecule has 0 bridgehead atoms. The molecule has 0 saturated carbocycles. The predicted octanol–water partition coefficient (Wildman–Crippen LogP) is 2.61. The molecule has 1 fully saturated rings. The summed E-state index contributed by atoms with van der Waals surface area (Å²) >= 11 is 6.06. The van der Waals surface area contributed by atoms with E-state index in [2.05, 4.69) is 25.2 Å². The number of likely N-dealkylation sites (N-methyl/N-ethyl adjacent to an activating group) is 1. The van der Waals surface area contributed by atoms with Gasteiger partial charge >= 0.3 is 0 Å². The molecule has 2 nitrogen and oxygen atoms in total. The molecular formula is C13H18ClNO. The molecule has 0 spiro atoms. The maximum Gasteiger partial charge on any atom is 0.0603 e. The van der Waals surface area contributed by atoms with E-state index in [1.165, 1.54) is 5.56 Å². The number of benzene rings is 1. The van der Waals surface area contributed by atoms with Gasteiger partial charge in [-0.1, -0.05) is 23.7 Å². The number of rotatable bonds is 3. The number of hydrogen-bond donors (Lipinski definition) is 1. The SMILES string of the molecule is CNC(C)(C)C1(c2cccc(Cl)c2)COC1. The van der Waals surface area contributed by atoms with Gasteiger partial charge in [-0.15, -0.1) is 0 Å². The summed E-state index contributed by atoms with van der Waals surface area (Å²) in [4.78, 5) is 0. The molecule has 2 rings (SSSR count). The van der Waals surface area contributed by atoms with Crippen molar-refractivity contribution in [1.82, 2.24) is 5.32 Å². The number of nitrogens with one attached hydrogen (secondary N) is 1. The van der Waals surface area contributed by atoms with Crippen LogP contribution in [0.1, 0.15) is 19.4 Å². The Bertz CT molecular complexity index is 385. The van der Waals surface area contributed by atoms with E-state index in [0.29, 0.717) is 0 Å². The summed E-state index contributed by atoms with van der Waals surface area (Å²) in [6.07, 6.45) is 0. The highest BCUT2D eigenvalue weighted by Crippen LogP contribution is 2.42. The molecule has 0 aromatic heterocycles. The van der Waals surface area contributed by atoms with Crippen LogP contribution < -0.4 is 5.32 Å². The van der Waals surface area contributed by atoms with Crippen LogP contribution in [0.5, 0.6) is 0 Å². The second kappa shape index (κ2) is 4.02. The number of halogens is 1. The number of ether oxygens (including phenoxy) is 1. The summed E-state index contributed by atoms with van der Waals surface area (Å²) in [5, 5.41) is 4.17. The Kier molecular flexibility index (Phi) is 2.99. The van der Waals surface area contributed by atoms with Gasteiger partial charge in [0.2, 0.25) is 0 Å². The smallest absolute Gasteiger partial charge is 0.0603 e. The van der Waals surface area contributed by atoms with E-state index >= 15 is 0 Å². The fraction of sp³-hybridized carbons (Fsp3) is 0.538. The summed E-state index contributed by atoms with van der Waals surface area (Å²) < 4.78 is 5.44. The third-order valence-electron chi connectivity index (χ3n) is 3.90. The highest BCUT2D eigenvalue weighted by molar-refractivity contribution is 6.30. The molecule has 1 N–H and O–H groups in total.